The highest BCUT2D eigenvalue weighted by atomic mass is 16.5. The zero-order chi connectivity index (χ0) is 26.1. The van der Waals surface area contributed by atoms with Crippen molar-refractivity contribution in [3.05, 3.63) is 89.5 Å². The van der Waals surface area contributed by atoms with E-state index in [9.17, 15) is 9.59 Å². The summed E-state index contributed by atoms with van der Waals surface area (Å²) in [7, 11) is 1.65. The van der Waals surface area contributed by atoms with Crippen LogP contribution in [0.3, 0.4) is 0 Å². The average molecular weight is 509 g/mol. The molecule has 0 saturated carbocycles. The van der Waals surface area contributed by atoms with Crippen molar-refractivity contribution in [3.63, 3.8) is 0 Å². The van der Waals surface area contributed by atoms with Crippen LogP contribution in [0.25, 0.3) is 22.2 Å². The summed E-state index contributed by atoms with van der Waals surface area (Å²) in [4.78, 5) is 34.5. The van der Waals surface area contributed by atoms with Crippen molar-refractivity contribution in [3.8, 4) is 17.0 Å². The smallest absolute Gasteiger partial charge is 0.255 e. The summed E-state index contributed by atoms with van der Waals surface area (Å²) in [5, 5.41) is 4.08. The number of aromatic nitrogens is 1. The number of ether oxygens (including phenoxy) is 1. The Morgan fingerprint density at radius 1 is 1.03 bits per heavy atom. The van der Waals surface area contributed by atoms with Gasteiger partial charge in [0.25, 0.3) is 5.91 Å². The van der Waals surface area contributed by atoms with Gasteiger partial charge in [0.1, 0.15) is 12.3 Å². The predicted octanol–water partition coefficient (Wildman–Crippen LogP) is 4.60. The monoisotopic (exact) mass is 508 g/mol. The number of nitrogens with one attached hydrogen (secondary N) is 2. The van der Waals surface area contributed by atoms with Crippen LogP contribution in [0.2, 0.25) is 0 Å². The van der Waals surface area contributed by atoms with Gasteiger partial charge >= 0.3 is 0 Å². The molecule has 3 heterocycles. The van der Waals surface area contributed by atoms with Gasteiger partial charge in [-0.15, -0.1) is 0 Å². The van der Waals surface area contributed by atoms with Crippen molar-refractivity contribution in [2.24, 2.45) is 0 Å². The van der Waals surface area contributed by atoms with Crippen molar-refractivity contribution in [1.82, 2.24) is 20.1 Å². The third-order valence-electron chi connectivity index (χ3n) is 7.70. The van der Waals surface area contributed by atoms with Crippen LogP contribution in [-0.4, -0.2) is 66.4 Å². The van der Waals surface area contributed by atoms with Crippen LogP contribution in [0, 0.1) is 0 Å². The molecule has 7 heteroatoms. The lowest BCUT2D eigenvalue weighted by molar-refractivity contribution is -0.122. The van der Waals surface area contributed by atoms with E-state index in [1.165, 1.54) is 12.8 Å². The molecule has 0 unspecified atom stereocenters. The number of hydrogen-bond donors (Lipinski definition) is 2. The molecule has 6 rings (SSSR count). The Morgan fingerprint density at radius 2 is 1.82 bits per heavy atom. The van der Waals surface area contributed by atoms with E-state index in [4.69, 9.17) is 4.74 Å². The van der Waals surface area contributed by atoms with E-state index in [-0.39, 0.29) is 18.4 Å². The fraction of sp³-hybridized carbons (Fsp3) is 0.290. The number of fused-ring (bicyclic) bond motifs is 2. The van der Waals surface area contributed by atoms with Gasteiger partial charge in [0.05, 0.1) is 18.8 Å². The Morgan fingerprint density at radius 3 is 2.66 bits per heavy atom. The van der Waals surface area contributed by atoms with Gasteiger partial charge in [0.2, 0.25) is 5.91 Å². The number of amides is 2. The van der Waals surface area contributed by atoms with Gasteiger partial charge in [-0.05, 0) is 55.8 Å². The fourth-order valence-electron chi connectivity index (χ4n) is 5.87. The van der Waals surface area contributed by atoms with Crippen molar-refractivity contribution in [2.45, 2.75) is 18.9 Å². The maximum absolute atomic E-state index is 13.7. The van der Waals surface area contributed by atoms with Crippen LogP contribution >= 0.6 is 0 Å². The number of H-pyrrole nitrogens is 1. The van der Waals surface area contributed by atoms with Gasteiger partial charge < -0.3 is 24.8 Å². The minimum Gasteiger partial charge on any atom is -0.497 e. The summed E-state index contributed by atoms with van der Waals surface area (Å²) in [6, 6.07) is 23.3. The highest BCUT2D eigenvalue weighted by molar-refractivity contribution is 6.03. The van der Waals surface area contributed by atoms with Gasteiger partial charge in [0, 0.05) is 40.7 Å². The standard InChI is InChI=1S/C31H32N4O3/c1-38-22-10-8-9-21(19-22)29-28(25-13-4-5-14-26(25)33-29)30-23-11-2-3-12-24(23)31(37)35(30)20-27(36)32-15-18-34-16-6-7-17-34/h2-5,8-14,19,30,33H,6-7,15-18,20H2,1H3,(H,32,36)/t30-/m1/s1. The predicted molar refractivity (Wildman–Crippen MR) is 148 cm³/mol. The Bertz CT molecular complexity index is 1490. The highest BCUT2D eigenvalue weighted by Crippen LogP contribution is 2.45. The molecule has 38 heavy (non-hydrogen) atoms. The van der Waals surface area contributed by atoms with E-state index in [2.05, 4.69) is 21.3 Å². The lowest BCUT2D eigenvalue weighted by Gasteiger charge is -2.26. The van der Waals surface area contributed by atoms with Crippen LogP contribution in [0.5, 0.6) is 5.75 Å². The SMILES string of the molecule is COc1cccc(-c2[nH]c3ccccc3c2[C@H]2c3ccccc3C(=O)N2CC(=O)NCCN2CCCC2)c1. The van der Waals surface area contributed by atoms with Crippen LogP contribution in [0.4, 0.5) is 0 Å². The maximum atomic E-state index is 13.7. The molecule has 1 aromatic heterocycles. The van der Waals surface area contributed by atoms with Crippen LogP contribution in [0.1, 0.15) is 40.4 Å². The van der Waals surface area contributed by atoms with E-state index < -0.39 is 6.04 Å². The first kappa shape index (κ1) is 24.2. The van der Waals surface area contributed by atoms with Gasteiger partial charge in [0.15, 0.2) is 0 Å². The van der Waals surface area contributed by atoms with Crippen molar-refractivity contribution in [2.75, 3.05) is 39.8 Å². The third-order valence-corrected chi connectivity index (χ3v) is 7.70. The number of likely N-dealkylation sites (tertiary alicyclic amines) is 1. The number of hydrogen-bond acceptors (Lipinski definition) is 4. The average Bonchev–Trinajstić information content (AvgIpc) is 3.66. The second-order valence-corrected chi connectivity index (χ2v) is 10.0. The summed E-state index contributed by atoms with van der Waals surface area (Å²) >= 11 is 0. The lowest BCUT2D eigenvalue weighted by Crippen LogP contribution is -2.41. The molecule has 0 spiro atoms. The topological polar surface area (TPSA) is 77.7 Å². The lowest BCUT2D eigenvalue weighted by atomic mass is 9.93. The molecule has 0 radical (unpaired) electrons. The zero-order valence-electron chi connectivity index (χ0n) is 21.6. The summed E-state index contributed by atoms with van der Waals surface area (Å²) in [5.41, 5.74) is 5.39. The minimum absolute atomic E-state index is 0.00472. The molecule has 2 amide bonds. The quantitative estimate of drug-likeness (QED) is 0.365. The number of para-hydroxylation sites is 1. The molecule has 0 bridgehead atoms. The van der Waals surface area contributed by atoms with Crippen LogP contribution in [-0.2, 0) is 4.79 Å². The molecule has 1 saturated heterocycles. The van der Waals surface area contributed by atoms with Gasteiger partial charge in [-0.1, -0.05) is 48.5 Å². The molecule has 194 valence electrons. The Balaban J connectivity index is 1.39. The second kappa shape index (κ2) is 10.3. The maximum Gasteiger partial charge on any atom is 0.255 e. The van der Waals surface area contributed by atoms with Gasteiger partial charge in [-0.25, -0.2) is 0 Å². The number of aromatic amines is 1. The molecule has 4 aromatic rings. The van der Waals surface area contributed by atoms with Crippen LogP contribution in [0.15, 0.2) is 72.8 Å². The molecule has 3 aromatic carbocycles. The molecule has 7 nitrogen and oxygen atoms in total. The molecular formula is C31H32N4O3. The number of nitrogens with zero attached hydrogens (tertiary/aromatic N) is 2. The molecule has 1 atom stereocenters. The summed E-state index contributed by atoms with van der Waals surface area (Å²) in [5.74, 6) is 0.490. The van der Waals surface area contributed by atoms with E-state index in [1.54, 1.807) is 12.0 Å². The Kier molecular flexibility index (Phi) is 6.60. The van der Waals surface area contributed by atoms with E-state index >= 15 is 0 Å². The summed E-state index contributed by atoms with van der Waals surface area (Å²) < 4.78 is 5.50. The molecule has 1 fully saturated rings. The first-order valence-corrected chi connectivity index (χ1v) is 13.3. The molecule has 0 aliphatic carbocycles. The van der Waals surface area contributed by atoms with Crippen molar-refractivity contribution >= 4 is 22.7 Å². The largest absolute Gasteiger partial charge is 0.497 e. The number of methoxy groups -OCH3 is 1. The zero-order valence-corrected chi connectivity index (χ0v) is 21.6. The van der Waals surface area contributed by atoms with Crippen molar-refractivity contribution < 1.29 is 14.3 Å². The highest BCUT2D eigenvalue weighted by Gasteiger charge is 2.41. The molecule has 2 N–H and O–H groups in total. The number of carbonyl (C=O) groups excluding carboxylic acids is 2. The Hall–Kier alpha value is -4.10. The summed E-state index contributed by atoms with van der Waals surface area (Å²) in [6.45, 7) is 3.60. The minimum atomic E-state index is -0.402. The van der Waals surface area contributed by atoms with Gasteiger partial charge in [-0.3, -0.25) is 9.59 Å². The molecular weight excluding hydrogens is 476 g/mol. The van der Waals surface area contributed by atoms with E-state index in [0.717, 1.165) is 58.7 Å². The Labute approximate surface area is 222 Å². The first-order chi connectivity index (χ1) is 18.6. The van der Waals surface area contributed by atoms with E-state index in [1.807, 2.05) is 66.7 Å². The number of carbonyl (C=O) groups is 2. The molecule has 2 aliphatic heterocycles. The van der Waals surface area contributed by atoms with Crippen molar-refractivity contribution in [1.29, 1.82) is 0 Å². The first-order valence-electron chi connectivity index (χ1n) is 13.3. The second-order valence-electron chi connectivity index (χ2n) is 10.0. The van der Waals surface area contributed by atoms with E-state index in [0.29, 0.717) is 12.1 Å². The number of rotatable bonds is 8. The van der Waals surface area contributed by atoms with Gasteiger partial charge in [-0.2, -0.15) is 0 Å². The van der Waals surface area contributed by atoms with Crippen LogP contribution < -0.4 is 10.1 Å². The molecule has 2 aliphatic rings. The number of benzene rings is 3. The normalized spacial score (nSPS) is 17.2. The third kappa shape index (κ3) is 4.43. The fourth-order valence-corrected chi connectivity index (χ4v) is 5.87. The summed E-state index contributed by atoms with van der Waals surface area (Å²) in [6.07, 6.45) is 2.44.